The van der Waals surface area contributed by atoms with E-state index in [0.717, 1.165) is 19.3 Å². The molecule has 0 bridgehead atoms. The molecule has 7 nitrogen and oxygen atoms in total. The number of benzene rings is 2. The summed E-state index contributed by atoms with van der Waals surface area (Å²) in [6.07, 6.45) is 2.73. The SMILES string of the molecule is COc1ccc(N(C)C(=O)c2cccc(S(=O)(=O)N3CCCCC3C)c2)cc1OC. The van der Waals surface area contributed by atoms with Crippen LogP contribution in [0.25, 0.3) is 0 Å². The van der Waals surface area contributed by atoms with Gasteiger partial charge in [-0.25, -0.2) is 8.42 Å². The second kappa shape index (κ2) is 9.06. The Bertz CT molecular complexity index is 1020. The van der Waals surface area contributed by atoms with Gasteiger partial charge in [0.1, 0.15) is 0 Å². The number of sulfonamides is 1. The van der Waals surface area contributed by atoms with E-state index < -0.39 is 10.0 Å². The molecule has 3 rings (SSSR count). The quantitative estimate of drug-likeness (QED) is 0.698. The summed E-state index contributed by atoms with van der Waals surface area (Å²) in [4.78, 5) is 14.7. The van der Waals surface area contributed by atoms with Crippen LogP contribution >= 0.6 is 0 Å². The first-order valence-corrected chi connectivity index (χ1v) is 11.4. The van der Waals surface area contributed by atoms with Gasteiger partial charge in [-0.2, -0.15) is 4.31 Å². The number of ether oxygens (including phenoxy) is 2. The summed E-state index contributed by atoms with van der Waals surface area (Å²) in [5, 5.41) is 0. The molecule has 0 aliphatic carbocycles. The zero-order chi connectivity index (χ0) is 21.9. The topological polar surface area (TPSA) is 76.2 Å². The van der Waals surface area contributed by atoms with Crippen molar-refractivity contribution < 1.29 is 22.7 Å². The third-order valence-electron chi connectivity index (χ3n) is 5.49. The molecule has 1 atom stereocenters. The average molecular weight is 433 g/mol. The number of amides is 1. The van der Waals surface area contributed by atoms with Crippen molar-refractivity contribution in [2.75, 3.05) is 32.7 Å². The normalized spacial score (nSPS) is 17.4. The molecule has 0 aromatic heterocycles. The highest BCUT2D eigenvalue weighted by molar-refractivity contribution is 7.89. The minimum atomic E-state index is -3.65. The highest BCUT2D eigenvalue weighted by Gasteiger charge is 2.31. The van der Waals surface area contributed by atoms with Gasteiger partial charge in [0.2, 0.25) is 10.0 Å². The van der Waals surface area contributed by atoms with Crippen molar-refractivity contribution in [3.8, 4) is 11.5 Å². The number of nitrogens with zero attached hydrogens (tertiary/aromatic N) is 2. The van der Waals surface area contributed by atoms with Crippen LogP contribution in [0, 0.1) is 0 Å². The van der Waals surface area contributed by atoms with E-state index in [-0.39, 0.29) is 16.8 Å². The van der Waals surface area contributed by atoms with E-state index in [4.69, 9.17) is 9.47 Å². The molecule has 162 valence electrons. The van der Waals surface area contributed by atoms with Gasteiger partial charge in [-0.15, -0.1) is 0 Å². The van der Waals surface area contributed by atoms with E-state index in [2.05, 4.69) is 0 Å². The molecule has 0 saturated carbocycles. The van der Waals surface area contributed by atoms with Crippen LogP contribution in [0.5, 0.6) is 11.5 Å². The number of methoxy groups -OCH3 is 2. The van der Waals surface area contributed by atoms with Gasteiger partial charge >= 0.3 is 0 Å². The Morgan fingerprint density at radius 1 is 1.07 bits per heavy atom. The fraction of sp³-hybridized carbons (Fsp3) is 0.409. The predicted molar refractivity (Wildman–Crippen MR) is 116 cm³/mol. The number of carbonyl (C=O) groups is 1. The first kappa shape index (κ1) is 22.1. The second-order valence-electron chi connectivity index (χ2n) is 7.39. The van der Waals surface area contributed by atoms with E-state index in [1.807, 2.05) is 6.92 Å². The van der Waals surface area contributed by atoms with Crippen LogP contribution in [-0.4, -0.2) is 52.5 Å². The first-order valence-electron chi connectivity index (χ1n) is 9.91. The third kappa shape index (κ3) is 4.29. The van der Waals surface area contributed by atoms with Crippen LogP contribution < -0.4 is 14.4 Å². The smallest absolute Gasteiger partial charge is 0.258 e. The van der Waals surface area contributed by atoms with Gasteiger partial charge in [0.15, 0.2) is 11.5 Å². The van der Waals surface area contributed by atoms with E-state index in [0.29, 0.717) is 29.3 Å². The Balaban J connectivity index is 1.89. The van der Waals surface area contributed by atoms with Gasteiger partial charge in [-0.1, -0.05) is 12.5 Å². The molecule has 1 amide bonds. The molecule has 1 aliphatic heterocycles. The number of hydrogen-bond donors (Lipinski definition) is 0. The maximum Gasteiger partial charge on any atom is 0.258 e. The molecule has 30 heavy (non-hydrogen) atoms. The summed E-state index contributed by atoms with van der Waals surface area (Å²) in [5.41, 5.74) is 0.911. The Hall–Kier alpha value is -2.58. The van der Waals surface area contributed by atoms with Crippen molar-refractivity contribution in [3.05, 3.63) is 48.0 Å². The van der Waals surface area contributed by atoms with Crippen LogP contribution in [0.3, 0.4) is 0 Å². The molecule has 1 saturated heterocycles. The van der Waals surface area contributed by atoms with Crippen molar-refractivity contribution in [2.45, 2.75) is 37.1 Å². The lowest BCUT2D eigenvalue weighted by atomic mass is 10.1. The molecular formula is C22H28N2O5S. The molecular weight excluding hydrogens is 404 g/mol. The predicted octanol–water partition coefficient (Wildman–Crippen LogP) is 3.54. The van der Waals surface area contributed by atoms with Crippen LogP contribution in [0.2, 0.25) is 0 Å². The van der Waals surface area contributed by atoms with Gasteiger partial charge in [0, 0.05) is 37.0 Å². The van der Waals surface area contributed by atoms with Crippen LogP contribution in [0.15, 0.2) is 47.4 Å². The fourth-order valence-corrected chi connectivity index (χ4v) is 5.44. The number of carbonyl (C=O) groups excluding carboxylic acids is 1. The maximum atomic E-state index is 13.1. The lowest BCUT2D eigenvalue weighted by Gasteiger charge is -2.32. The molecule has 1 heterocycles. The van der Waals surface area contributed by atoms with Gasteiger partial charge in [0.05, 0.1) is 19.1 Å². The monoisotopic (exact) mass is 432 g/mol. The molecule has 2 aromatic carbocycles. The zero-order valence-electron chi connectivity index (χ0n) is 17.8. The van der Waals surface area contributed by atoms with Crippen molar-refractivity contribution >= 4 is 21.6 Å². The van der Waals surface area contributed by atoms with Crippen molar-refractivity contribution in [2.24, 2.45) is 0 Å². The lowest BCUT2D eigenvalue weighted by Crippen LogP contribution is -2.42. The zero-order valence-corrected chi connectivity index (χ0v) is 18.6. The summed E-state index contributed by atoms with van der Waals surface area (Å²) in [7, 11) is 1.06. The largest absolute Gasteiger partial charge is 0.493 e. The Morgan fingerprint density at radius 2 is 1.80 bits per heavy atom. The summed E-state index contributed by atoms with van der Waals surface area (Å²) >= 11 is 0. The van der Waals surface area contributed by atoms with Gasteiger partial charge in [-0.3, -0.25) is 4.79 Å². The molecule has 1 unspecified atom stereocenters. The van der Waals surface area contributed by atoms with Crippen molar-refractivity contribution in [1.29, 1.82) is 0 Å². The standard InChI is InChI=1S/C22H28N2O5S/c1-16-8-5-6-13-24(16)30(26,27)19-10-7-9-17(14-19)22(25)23(2)18-11-12-20(28-3)21(15-18)29-4/h7,9-12,14-16H,5-6,8,13H2,1-4H3. The number of hydrogen-bond acceptors (Lipinski definition) is 5. The number of piperidine rings is 1. The first-order chi connectivity index (χ1) is 14.3. The molecule has 1 fully saturated rings. The summed E-state index contributed by atoms with van der Waals surface area (Å²) in [6.45, 7) is 2.43. The molecule has 2 aromatic rings. The fourth-order valence-electron chi connectivity index (χ4n) is 3.70. The van der Waals surface area contributed by atoms with Gasteiger partial charge in [-0.05, 0) is 50.1 Å². The van der Waals surface area contributed by atoms with E-state index in [9.17, 15) is 13.2 Å². The molecule has 1 aliphatic rings. The Labute approximate surface area is 178 Å². The molecule has 0 spiro atoms. The highest BCUT2D eigenvalue weighted by atomic mass is 32.2. The number of rotatable bonds is 6. The van der Waals surface area contributed by atoms with E-state index in [1.165, 1.54) is 22.4 Å². The molecule has 8 heteroatoms. The average Bonchev–Trinajstić information content (AvgIpc) is 2.77. The highest BCUT2D eigenvalue weighted by Crippen LogP contribution is 2.32. The van der Waals surface area contributed by atoms with Crippen LogP contribution in [-0.2, 0) is 10.0 Å². The summed E-state index contributed by atoms with van der Waals surface area (Å²) in [5.74, 6) is 0.752. The van der Waals surface area contributed by atoms with Crippen molar-refractivity contribution in [3.63, 3.8) is 0 Å². The maximum absolute atomic E-state index is 13.1. The minimum absolute atomic E-state index is 0.0439. The Kier molecular flexibility index (Phi) is 6.67. The van der Waals surface area contributed by atoms with Gasteiger partial charge < -0.3 is 14.4 Å². The van der Waals surface area contributed by atoms with Crippen LogP contribution in [0.1, 0.15) is 36.5 Å². The van der Waals surface area contributed by atoms with E-state index >= 15 is 0 Å². The number of anilines is 1. The van der Waals surface area contributed by atoms with E-state index in [1.54, 1.807) is 50.6 Å². The second-order valence-corrected chi connectivity index (χ2v) is 9.28. The summed E-state index contributed by atoms with van der Waals surface area (Å²) in [6, 6.07) is 11.4. The lowest BCUT2D eigenvalue weighted by molar-refractivity contribution is 0.0992. The third-order valence-corrected chi connectivity index (χ3v) is 7.50. The summed E-state index contributed by atoms with van der Waals surface area (Å²) < 4.78 is 38.4. The Morgan fingerprint density at radius 3 is 2.47 bits per heavy atom. The molecule has 0 radical (unpaired) electrons. The van der Waals surface area contributed by atoms with Crippen molar-refractivity contribution in [1.82, 2.24) is 4.31 Å². The van der Waals surface area contributed by atoms with Crippen LogP contribution in [0.4, 0.5) is 5.69 Å². The minimum Gasteiger partial charge on any atom is -0.493 e. The molecule has 0 N–H and O–H groups in total. The van der Waals surface area contributed by atoms with Gasteiger partial charge in [0.25, 0.3) is 5.91 Å².